The van der Waals surface area contributed by atoms with Gasteiger partial charge in [-0.2, -0.15) is 0 Å². The van der Waals surface area contributed by atoms with Crippen LogP contribution in [0.2, 0.25) is 10.0 Å². The van der Waals surface area contributed by atoms with Crippen LogP contribution in [0.3, 0.4) is 0 Å². The molecule has 2 N–H and O–H groups in total. The Morgan fingerprint density at radius 3 is 2.37 bits per heavy atom. The Morgan fingerprint density at radius 2 is 1.84 bits per heavy atom. The molecule has 0 heterocycles. The van der Waals surface area contributed by atoms with Crippen LogP contribution in [0, 0.1) is 0 Å². The third-order valence-corrected chi connectivity index (χ3v) is 4.63. The van der Waals surface area contributed by atoms with Crippen molar-refractivity contribution in [3.05, 3.63) is 33.8 Å². The van der Waals surface area contributed by atoms with Gasteiger partial charge in [-0.25, -0.2) is 0 Å². The van der Waals surface area contributed by atoms with Crippen molar-refractivity contribution in [2.75, 3.05) is 6.61 Å². The molecule has 1 atom stereocenters. The average Bonchev–Trinajstić information content (AvgIpc) is 2.41. The molecule has 1 aromatic rings. The average molecular weight is 304 g/mol. The monoisotopic (exact) mass is 303 g/mol. The van der Waals surface area contributed by atoms with E-state index in [4.69, 9.17) is 33.7 Å². The molecule has 0 aliphatic rings. The zero-order valence-electron chi connectivity index (χ0n) is 11.9. The Kier molecular flexibility index (Phi) is 6.61. The van der Waals surface area contributed by atoms with Gasteiger partial charge in [0.1, 0.15) is 0 Å². The van der Waals surface area contributed by atoms with Crippen molar-refractivity contribution < 1.29 is 4.74 Å². The van der Waals surface area contributed by atoms with Gasteiger partial charge < -0.3 is 10.5 Å². The van der Waals surface area contributed by atoms with Gasteiger partial charge in [-0.15, -0.1) is 0 Å². The number of rotatable bonds is 7. The van der Waals surface area contributed by atoms with Crippen molar-refractivity contribution >= 4 is 23.2 Å². The third kappa shape index (κ3) is 3.85. The van der Waals surface area contributed by atoms with Crippen LogP contribution in [0.15, 0.2) is 18.2 Å². The standard InChI is InChI=1S/C15H23Cl2NO/c1-4-15(5-2,19-6-3)13(18)10-11-8-7-9-12(16)14(11)17/h7-9,13H,4-6,10,18H2,1-3H3. The van der Waals surface area contributed by atoms with E-state index in [0.717, 1.165) is 18.4 Å². The minimum absolute atomic E-state index is 0.0987. The van der Waals surface area contributed by atoms with E-state index >= 15 is 0 Å². The molecule has 0 spiro atoms. The lowest BCUT2D eigenvalue weighted by Gasteiger charge is -2.37. The fraction of sp³-hybridized carbons (Fsp3) is 0.600. The highest BCUT2D eigenvalue weighted by Gasteiger charge is 2.34. The zero-order valence-corrected chi connectivity index (χ0v) is 13.4. The number of hydrogen-bond acceptors (Lipinski definition) is 2. The van der Waals surface area contributed by atoms with Crippen molar-refractivity contribution in [3.8, 4) is 0 Å². The van der Waals surface area contributed by atoms with Crippen LogP contribution in [0.25, 0.3) is 0 Å². The minimum atomic E-state index is -0.291. The molecule has 1 rings (SSSR count). The lowest BCUT2D eigenvalue weighted by Crippen LogP contribution is -2.50. The van der Waals surface area contributed by atoms with Gasteiger partial charge in [-0.05, 0) is 37.8 Å². The maximum atomic E-state index is 6.38. The molecule has 4 heteroatoms. The number of halogens is 2. The molecule has 0 saturated heterocycles. The van der Waals surface area contributed by atoms with Gasteiger partial charge >= 0.3 is 0 Å². The molecule has 1 unspecified atom stereocenters. The fourth-order valence-corrected chi connectivity index (χ4v) is 2.90. The summed E-state index contributed by atoms with van der Waals surface area (Å²) < 4.78 is 5.93. The highest BCUT2D eigenvalue weighted by atomic mass is 35.5. The molecule has 0 aliphatic carbocycles. The quantitative estimate of drug-likeness (QED) is 0.807. The van der Waals surface area contributed by atoms with E-state index in [1.165, 1.54) is 0 Å². The van der Waals surface area contributed by atoms with E-state index in [2.05, 4.69) is 13.8 Å². The number of hydrogen-bond donors (Lipinski definition) is 1. The molecule has 2 nitrogen and oxygen atoms in total. The number of nitrogens with two attached hydrogens (primary N) is 1. The van der Waals surface area contributed by atoms with E-state index in [1.54, 1.807) is 6.07 Å². The molecule has 0 saturated carbocycles. The van der Waals surface area contributed by atoms with Crippen molar-refractivity contribution in [3.63, 3.8) is 0 Å². The van der Waals surface area contributed by atoms with Crippen molar-refractivity contribution in [1.29, 1.82) is 0 Å². The first-order valence-corrected chi connectivity index (χ1v) is 7.58. The molecule has 19 heavy (non-hydrogen) atoms. The Labute approximate surface area is 126 Å². The van der Waals surface area contributed by atoms with Crippen molar-refractivity contribution in [2.45, 2.75) is 51.7 Å². The van der Waals surface area contributed by atoms with E-state index < -0.39 is 0 Å². The molecular formula is C15H23Cl2NO. The summed E-state index contributed by atoms with van der Waals surface area (Å²) in [6.07, 6.45) is 2.44. The van der Waals surface area contributed by atoms with Crippen LogP contribution < -0.4 is 5.73 Å². The van der Waals surface area contributed by atoms with Gasteiger partial charge in [0, 0.05) is 12.6 Å². The molecule has 1 aromatic carbocycles. The molecule has 0 amide bonds. The summed E-state index contributed by atoms with van der Waals surface area (Å²) in [7, 11) is 0. The molecule has 0 aliphatic heterocycles. The van der Waals surface area contributed by atoms with Crippen LogP contribution in [-0.2, 0) is 11.2 Å². The van der Waals surface area contributed by atoms with Gasteiger partial charge in [0.05, 0.1) is 15.6 Å². The number of benzene rings is 1. The Balaban J connectivity index is 2.93. The number of ether oxygens (including phenoxy) is 1. The molecule has 108 valence electrons. The highest BCUT2D eigenvalue weighted by Crippen LogP contribution is 2.30. The first kappa shape index (κ1) is 16.8. The third-order valence-electron chi connectivity index (χ3n) is 3.78. The largest absolute Gasteiger partial charge is 0.374 e. The smallest absolute Gasteiger partial charge is 0.0830 e. The molecule has 0 bridgehead atoms. The van der Waals surface area contributed by atoms with Crippen LogP contribution >= 0.6 is 23.2 Å². The van der Waals surface area contributed by atoms with Gasteiger partial charge in [0.2, 0.25) is 0 Å². The normalized spacial score (nSPS) is 13.6. The summed E-state index contributed by atoms with van der Waals surface area (Å²) in [4.78, 5) is 0. The van der Waals surface area contributed by atoms with E-state index in [9.17, 15) is 0 Å². The Morgan fingerprint density at radius 1 is 1.21 bits per heavy atom. The Bertz CT molecular complexity index is 405. The second kappa shape index (κ2) is 7.49. The Hall–Kier alpha value is -0.280. The van der Waals surface area contributed by atoms with Gasteiger partial charge in [0.15, 0.2) is 0 Å². The lowest BCUT2D eigenvalue weighted by molar-refractivity contribution is -0.0633. The zero-order chi connectivity index (χ0) is 14.5. The maximum absolute atomic E-state index is 6.38. The lowest BCUT2D eigenvalue weighted by atomic mass is 9.85. The first-order chi connectivity index (χ1) is 9.00. The van der Waals surface area contributed by atoms with E-state index in [-0.39, 0.29) is 11.6 Å². The van der Waals surface area contributed by atoms with Gasteiger partial charge in [-0.3, -0.25) is 0 Å². The fourth-order valence-electron chi connectivity index (χ4n) is 2.50. The van der Waals surface area contributed by atoms with E-state index in [0.29, 0.717) is 23.1 Å². The predicted molar refractivity (Wildman–Crippen MR) is 83.1 cm³/mol. The molecule has 0 fully saturated rings. The summed E-state index contributed by atoms with van der Waals surface area (Å²) in [5.41, 5.74) is 7.07. The predicted octanol–water partition coefficient (Wildman–Crippen LogP) is 4.46. The van der Waals surface area contributed by atoms with E-state index in [1.807, 2.05) is 19.1 Å². The summed E-state index contributed by atoms with van der Waals surface area (Å²) in [5.74, 6) is 0. The molecular weight excluding hydrogens is 281 g/mol. The molecule has 0 aromatic heterocycles. The summed E-state index contributed by atoms with van der Waals surface area (Å²) >= 11 is 12.3. The van der Waals surface area contributed by atoms with Gasteiger partial charge in [-0.1, -0.05) is 49.2 Å². The highest BCUT2D eigenvalue weighted by molar-refractivity contribution is 6.42. The maximum Gasteiger partial charge on any atom is 0.0830 e. The topological polar surface area (TPSA) is 35.2 Å². The second-order valence-corrected chi connectivity index (χ2v) is 5.51. The van der Waals surface area contributed by atoms with Gasteiger partial charge in [0.25, 0.3) is 0 Å². The molecule has 0 radical (unpaired) electrons. The van der Waals surface area contributed by atoms with Crippen molar-refractivity contribution in [2.24, 2.45) is 5.73 Å². The summed E-state index contributed by atoms with van der Waals surface area (Å²) in [6.45, 7) is 6.88. The van der Waals surface area contributed by atoms with Crippen molar-refractivity contribution in [1.82, 2.24) is 0 Å². The first-order valence-electron chi connectivity index (χ1n) is 6.83. The van der Waals surface area contributed by atoms with Crippen LogP contribution in [0.5, 0.6) is 0 Å². The second-order valence-electron chi connectivity index (χ2n) is 4.73. The van der Waals surface area contributed by atoms with Crippen LogP contribution in [0.4, 0.5) is 0 Å². The van der Waals surface area contributed by atoms with Crippen LogP contribution in [-0.4, -0.2) is 18.2 Å². The SMILES string of the molecule is CCOC(CC)(CC)C(N)Cc1cccc(Cl)c1Cl. The minimum Gasteiger partial charge on any atom is -0.374 e. The van der Waals surface area contributed by atoms with Crippen LogP contribution in [0.1, 0.15) is 39.2 Å². The summed E-state index contributed by atoms with van der Waals surface area (Å²) in [5, 5.41) is 1.17. The summed E-state index contributed by atoms with van der Waals surface area (Å²) in [6, 6.07) is 5.56.